The van der Waals surface area contributed by atoms with Gasteiger partial charge in [-0.25, -0.2) is 0 Å². The van der Waals surface area contributed by atoms with Gasteiger partial charge in [0, 0.05) is 22.3 Å². The Labute approximate surface area is 103 Å². The van der Waals surface area contributed by atoms with Crippen LogP contribution in [0.5, 0.6) is 0 Å². The van der Waals surface area contributed by atoms with E-state index in [-0.39, 0.29) is 6.10 Å². The van der Waals surface area contributed by atoms with Crippen molar-refractivity contribution in [1.29, 1.82) is 0 Å². The number of aliphatic hydroxyl groups excluding tert-OH is 1. The highest BCUT2D eigenvalue weighted by Crippen LogP contribution is 2.22. The summed E-state index contributed by atoms with van der Waals surface area (Å²) in [6.07, 6.45) is 0.781. The Bertz CT molecular complexity index is 311. The Morgan fingerprint density at radius 1 is 1.38 bits per heavy atom. The summed E-state index contributed by atoms with van der Waals surface area (Å²) in [5.74, 6) is 0.366. The van der Waals surface area contributed by atoms with Gasteiger partial charge in [0.2, 0.25) is 0 Å². The van der Waals surface area contributed by atoms with Gasteiger partial charge in [0.25, 0.3) is 0 Å². The number of hydrogen-bond donors (Lipinski definition) is 2. The second-order valence-corrected chi connectivity index (χ2v) is 5.85. The van der Waals surface area contributed by atoms with Gasteiger partial charge >= 0.3 is 0 Å². The molecule has 1 aromatic rings. The van der Waals surface area contributed by atoms with Gasteiger partial charge in [-0.1, -0.05) is 20.3 Å². The van der Waals surface area contributed by atoms with Crippen LogP contribution < -0.4 is 5.32 Å². The molecule has 0 aliphatic heterocycles. The first-order valence-corrected chi connectivity index (χ1v) is 6.84. The van der Waals surface area contributed by atoms with Gasteiger partial charge in [0.1, 0.15) is 0 Å². The molecule has 0 fully saturated rings. The van der Waals surface area contributed by atoms with Crippen molar-refractivity contribution in [3.05, 3.63) is 21.9 Å². The number of rotatable bonds is 6. The summed E-state index contributed by atoms with van der Waals surface area (Å²) in [4.78, 5) is 2.68. The molecule has 16 heavy (non-hydrogen) atoms. The van der Waals surface area contributed by atoms with E-state index in [0.29, 0.717) is 18.5 Å². The zero-order chi connectivity index (χ0) is 12.1. The first-order valence-electron chi connectivity index (χ1n) is 6.02. The van der Waals surface area contributed by atoms with Crippen LogP contribution in [0.1, 0.15) is 43.0 Å². The van der Waals surface area contributed by atoms with Crippen molar-refractivity contribution in [3.63, 3.8) is 0 Å². The minimum Gasteiger partial charge on any atom is -0.392 e. The van der Waals surface area contributed by atoms with Gasteiger partial charge in [-0.3, -0.25) is 0 Å². The Morgan fingerprint density at radius 3 is 2.56 bits per heavy atom. The molecule has 0 bridgehead atoms. The summed E-state index contributed by atoms with van der Waals surface area (Å²) < 4.78 is 0. The third kappa shape index (κ3) is 3.89. The molecule has 1 rings (SSSR count). The standard InChI is InChI=1S/C13H23NOS/c1-5-9(2)12(15)8-14-11(4)13-7-6-10(3)16-13/h6-7,9,11-12,14-15H,5,8H2,1-4H3. The van der Waals surface area contributed by atoms with E-state index < -0.39 is 0 Å². The normalized spacial score (nSPS) is 17.1. The smallest absolute Gasteiger partial charge is 0.0690 e. The molecule has 3 heteroatoms. The van der Waals surface area contributed by atoms with E-state index in [0.717, 1.165) is 6.42 Å². The van der Waals surface area contributed by atoms with E-state index in [1.54, 1.807) is 0 Å². The summed E-state index contributed by atoms with van der Waals surface area (Å²) >= 11 is 1.82. The van der Waals surface area contributed by atoms with E-state index in [1.807, 2.05) is 11.3 Å². The predicted molar refractivity (Wildman–Crippen MR) is 70.9 cm³/mol. The highest BCUT2D eigenvalue weighted by molar-refractivity contribution is 7.12. The number of thiophene rings is 1. The van der Waals surface area contributed by atoms with Crippen molar-refractivity contribution < 1.29 is 5.11 Å². The van der Waals surface area contributed by atoms with Gasteiger partial charge < -0.3 is 10.4 Å². The zero-order valence-corrected chi connectivity index (χ0v) is 11.5. The molecular weight excluding hydrogens is 218 g/mol. The maximum atomic E-state index is 9.86. The monoisotopic (exact) mass is 241 g/mol. The average Bonchev–Trinajstić information content (AvgIpc) is 2.71. The molecule has 92 valence electrons. The fourth-order valence-electron chi connectivity index (χ4n) is 1.56. The second kappa shape index (κ2) is 6.38. The van der Waals surface area contributed by atoms with Crippen molar-refractivity contribution in [1.82, 2.24) is 5.32 Å². The highest BCUT2D eigenvalue weighted by atomic mass is 32.1. The van der Waals surface area contributed by atoms with Crippen LogP contribution in [-0.2, 0) is 0 Å². The lowest BCUT2D eigenvalue weighted by atomic mass is 10.0. The van der Waals surface area contributed by atoms with Crippen LogP contribution in [0.15, 0.2) is 12.1 Å². The Morgan fingerprint density at radius 2 is 2.06 bits per heavy atom. The van der Waals surface area contributed by atoms with E-state index in [9.17, 15) is 5.11 Å². The Kier molecular flexibility index (Phi) is 5.46. The summed E-state index contributed by atoms with van der Waals surface area (Å²) in [6, 6.07) is 4.63. The molecule has 0 aliphatic rings. The van der Waals surface area contributed by atoms with Crippen LogP contribution in [0.4, 0.5) is 0 Å². The van der Waals surface area contributed by atoms with E-state index in [1.165, 1.54) is 9.75 Å². The molecular formula is C13H23NOS. The Hall–Kier alpha value is -0.380. The molecule has 0 saturated heterocycles. The molecule has 3 unspecified atom stereocenters. The fraction of sp³-hybridized carbons (Fsp3) is 0.692. The van der Waals surface area contributed by atoms with Crippen LogP contribution in [0.25, 0.3) is 0 Å². The van der Waals surface area contributed by atoms with Crippen molar-refractivity contribution in [3.8, 4) is 0 Å². The molecule has 2 nitrogen and oxygen atoms in total. The van der Waals surface area contributed by atoms with Crippen molar-refractivity contribution in [2.75, 3.05) is 6.54 Å². The summed E-state index contributed by atoms with van der Waals surface area (Å²) in [5, 5.41) is 13.2. The summed E-state index contributed by atoms with van der Waals surface area (Å²) in [6.45, 7) is 9.14. The summed E-state index contributed by atoms with van der Waals surface area (Å²) in [7, 11) is 0. The molecule has 0 saturated carbocycles. The number of nitrogens with one attached hydrogen (secondary N) is 1. The minimum atomic E-state index is -0.242. The van der Waals surface area contributed by atoms with Crippen LogP contribution in [-0.4, -0.2) is 17.8 Å². The van der Waals surface area contributed by atoms with Gasteiger partial charge in [0.05, 0.1) is 6.10 Å². The molecule has 0 radical (unpaired) electrons. The first kappa shape index (κ1) is 13.7. The van der Waals surface area contributed by atoms with E-state index >= 15 is 0 Å². The average molecular weight is 241 g/mol. The first-order chi connectivity index (χ1) is 7.54. The molecule has 1 heterocycles. The quantitative estimate of drug-likeness (QED) is 0.802. The number of hydrogen-bond acceptors (Lipinski definition) is 3. The van der Waals surface area contributed by atoms with E-state index in [4.69, 9.17) is 0 Å². The molecule has 2 N–H and O–H groups in total. The molecule has 0 spiro atoms. The second-order valence-electron chi connectivity index (χ2n) is 4.53. The summed E-state index contributed by atoms with van der Waals surface area (Å²) in [5.41, 5.74) is 0. The van der Waals surface area contributed by atoms with Crippen molar-refractivity contribution in [2.45, 2.75) is 46.3 Å². The molecule has 0 aliphatic carbocycles. The van der Waals surface area contributed by atoms with Crippen molar-refractivity contribution in [2.24, 2.45) is 5.92 Å². The molecule has 0 aromatic carbocycles. The minimum absolute atomic E-state index is 0.242. The molecule has 0 amide bonds. The van der Waals surface area contributed by atoms with Crippen LogP contribution in [0, 0.1) is 12.8 Å². The van der Waals surface area contributed by atoms with Crippen LogP contribution in [0.2, 0.25) is 0 Å². The molecule has 1 aromatic heterocycles. The highest BCUT2D eigenvalue weighted by Gasteiger charge is 2.14. The van der Waals surface area contributed by atoms with Gasteiger partial charge in [-0.2, -0.15) is 0 Å². The van der Waals surface area contributed by atoms with Gasteiger partial charge in [-0.15, -0.1) is 11.3 Å². The topological polar surface area (TPSA) is 32.3 Å². The van der Waals surface area contributed by atoms with Crippen LogP contribution >= 0.6 is 11.3 Å². The van der Waals surface area contributed by atoms with E-state index in [2.05, 4.69) is 45.1 Å². The van der Waals surface area contributed by atoms with Crippen molar-refractivity contribution >= 4 is 11.3 Å². The predicted octanol–water partition coefficient (Wildman–Crippen LogP) is 3.11. The molecule has 3 atom stereocenters. The van der Waals surface area contributed by atoms with Gasteiger partial charge in [-0.05, 0) is 31.9 Å². The Balaban J connectivity index is 2.38. The fourth-order valence-corrected chi connectivity index (χ4v) is 2.46. The maximum Gasteiger partial charge on any atom is 0.0690 e. The third-order valence-corrected chi connectivity index (χ3v) is 4.31. The largest absolute Gasteiger partial charge is 0.392 e. The number of aryl methyl sites for hydroxylation is 1. The number of aliphatic hydroxyl groups is 1. The van der Waals surface area contributed by atoms with Crippen LogP contribution in [0.3, 0.4) is 0 Å². The van der Waals surface area contributed by atoms with Gasteiger partial charge in [0.15, 0.2) is 0 Å². The third-order valence-electron chi connectivity index (χ3n) is 3.12. The lowest BCUT2D eigenvalue weighted by Crippen LogP contribution is -2.32. The SMILES string of the molecule is CCC(C)C(O)CNC(C)c1ccc(C)s1. The zero-order valence-electron chi connectivity index (χ0n) is 10.7. The maximum absolute atomic E-state index is 9.86. The lowest BCUT2D eigenvalue weighted by Gasteiger charge is -2.20. The lowest BCUT2D eigenvalue weighted by molar-refractivity contribution is 0.110.